The Bertz CT molecular complexity index is 2830. The summed E-state index contributed by atoms with van der Waals surface area (Å²) in [6.07, 6.45) is 1.94. The number of anilines is 4. The average molecular weight is 702 g/mol. The zero-order chi connectivity index (χ0) is 36.4. The topological polar surface area (TPSA) is 38.5 Å². The van der Waals surface area contributed by atoms with Crippen LogP contribution in [0.25, 0.3) is 44.3 Å². The minimum Gasteiger partial charge on any atom is -0.457 e. The molecule has 54 heavy (non-hydrogen) atoms. The lowest BCUT2D eigenvalue weighted by atomic mass is 9.88. The highest BCUT2D eigenvalue weighted by Crippen LogP contribution is 2.46. The highest BCUT2D eigenvalue weighted by Gasteiger charge is 2.28. The average Bonchev–Trinajstić information content (AvgIpc) is 3.86. The highest BCUT2D eigenvalue weighted by molar-refractivity contribution is 6.20. The van der Waals surface area contributed by atoms with Gasteiger partial charge in [0, 0.05) is 46.2 Å². The predicted molar refractivity (Wildman–Crippen MR) is 223 cm³/mol. The van der Waals surface area contributed by atoms with Crippen molar-refractivity contribution in [1.82, 2.24) is 14.1 Å². The van der Waals surface area contributed by atoms with Crippen LogP contribution < -0.4 is 14.5 Å². The van der Waals surface area contributed by atoms with E-state index in [9.17, 15) is 0 Å². The van der Waals surface area contributed by atoms with Crippen molar-refractivity contribution in [2.24, 2.45) is 0 Å². The van der Waals surface area contributed by atoms with Gasteiger partial charge in [-0.3, -0.25) is 4.57 Å². The molecular formula is C48H39N5O. The zero-order valence-electron chi connectivity index (χ0n) is 30.5. The van der Waals surface area contributed by atoms with E-state index in [-0.39, 0.29) is 5.41 Å². The van der Waals surface area contributed by atoms with E-state index in [0.29, 0.717) is 6.67 Å². The van der Waals surface area contributed by atoms with E-state index in [4.69, 9.17) is 9.72 Å². The summed E-state index contributed by atoms with van der Waals surface area (Å²) in [6.45, 7) is 7.45. The van der Waals surface area contributed by atoms with Gasteiger partial charge in [0.25, 0.3) is 0 Å². The monoisotopic (exact) mass is 701 g/mol. The number of rotatable bonds is 6. The first-order chi connectivity index (χ1) is 26.4. The molecule has 6 aromatic carbocycles. The minimum absolute atomic E-state index is 0.0366. The Morgan fingerprint density at radius 2 is 1.11 bits per heavy atom. The molecule has 0 N–H and O–H groups in total. The molecule has 0 spiro atoms. The summed E-state index contributed by atoms with van der Waals surface area (Å²) in [4.78, 5) is 9.70. The van der Waals surface area contributed by atoms with E-state index in [1.165, 1.54) is 28.0 Å². The Morgan fingerprint density at radius 3 is 1.87 bits per heavy atom. The fourth-order valence-corrected chi connectivity index (χ4v) is 7.98. The molecule has 3 aromatic heterocycles. The lowest BCUT2D eigenvalue weighted by Gasteiger charge is -2.22. The standard InChI is InChI=1S/C48H39N5O/c1-48(2,3)33-27-28-49-45(29-33)53-44-31-38(25-26-40(44)46-47(53)39-21-10-11-22-41(39)52(46)35-17-8-5-9-18-35)54-37-20-14-19-36(30-37)51-32-50(34-15-6-4-7-16-34)42-23-12-13-24-43(42)51/h4-31H,32H2,1-3H3. The van der Waals surface area contributed by atoms with Gasteiger partial charge in [0.15, 0.2) is 0 Å². The van der Waals surface area contributed by atoms with E-state index in [2.05, 4.69) is 197 Å². The molecule has 0 aliphatic carbocycles. The number of hydrogen-bond acceptors (Lipinski definition) is 4. The number of pyridine rings is 1. The molecule has 1 aliphatic heterocycles. The maximum atomic E-state index is 6.75. The van der Waals surface area contributed by atoms with Crippen LogP contribution in [0.1, 0.15) is 26.3 Å². The van der Waals surface area contributed by atoms with Gasteiger partial charge >= 0.3 is 0 Å². The van der Waals surface area contributed by atoms with Crippen LogP contribution in [0.4, 0.5) is 22.7 Å². The predicted octanol–water partition coefficient (Wildman–Crippen LogP) is 12.5. The molecule has 0 radical (unpaired) electrons. The molecule has 1 aliphatic rings. The summed E-state index contributed by atoms with van der Waals surface area (Å²) in [6, 6.07) is 57.6. The molecule has 0 saturated heterocycles. The maximum Gasteiger partial charge on any atom is 0.137 e. The zero-order valence-corrected chi connectivity index (χ0v) is 30.5. The molecule has 10 rings (SSSR count). The van der Waals surface area contributed by atoms with Gasteiger partial charge in [-0.05, 0) is 89.8 Å². The quantitative estimate of drug-likeness (QED) is 0.173. The summed E-state index contributed by atoms with van der Waals surface area (Å²) >= 11 is 0. The van der Waals surface area contributed by atoms with Crippen molar-refractivity contribution in [1.29, 1.82) is 0 Å². The summed E-state index contributed by atoms with van der Waals surface area (Å²) in [5.41, 5.74) is 11.4. The highest BCUT2D eigenvalue weighted by atomic mass is 16.5. The molecule has 6 nitrogen and oxygen atoms in total. The molecule has 0 fully saturated rings. The van der Waals surface area contributed by atoms with Gasteiger partial charge in [-0.2, -0.15) is 0 Å². The van der Waals surface area contributed by atoms with Gasteiger partial charge in [0.05, 0.1) is 33.4 Å². The third-order valence-electron chi connectivity index (χ3n) is 10.6. The van der Waals surface area contributed by atoms with Crippen molar-refractivity contribution in [2.75, 3.05) is 16.5 Å². The van der Waals surface area contributed by atoms with Gasteiger partial charge in [-0.15, -0.1) is 0 Å². The smallest absolute Gasteiger partial charge is 0.137 e. The first-order valence-electron chi connectivity index (χ1n) is 18.5. The van der Waals surface area contributed by atoms with Crippen molar-refractivity contribution < 1.29 is 4.74 Å². The van der Waals surface area contributed by atoms with Crippen LogP contribution >= 0.6 is 0 Å². The van der Waals surface area contributed by atoms with Gasteiger partial charge < -0.3 is 19.1 Å². The fraction of sp³-hybridized carbons (Fsp3) is 0.104. The van der Waals surface area contributed by atoms with E-state index >= 15 is 0 Å². The number of hydrogen-bond donors (Lipinski definition) is 0. The molecule has 4 heterocycles. The van der Waals surface area contributed by atoms with E-state index in [1.807, 2.05) is 12.3 Å². The van der Waals surface area contributed by atoms with Gasteiger partial charge in [0.1, 0.15) is 24.0 Å². The van der Waals surface area contributed by atoms with E-state index in [1.54, 1.807) is 0 Å². The molecule has 0 unspecified atom stereocenters. The minimum atomic E-state index is -0.0366. The van der Waals surface area contributed by atoms with Crippen molar-refractivity contribution in [3.8, 4) is 23.0 Å². The number of aromatic nitrogens is 3. The molecule has 0 bridgehead atoms. The Morgan fingerprint density at radius 1 is 0.500 bits per heavy atom. The maximum absolute atomic E-state index is 6.75. The van der Waals surface area contributed by atoms with Crippen LogP contribution in [0.2, 0.25) is 0 Å². The Labute approximate surface area is 314 Å². The number of ether oxygens (including phenoxy) is 1. The van der Waals surface area contributed by atoms with Gasteiger partial charge in [-0.1, -0.05) is 93.6 Å². The number of para-hydroxylation sites is 5. The van der Waals surface area contributed by atoms with Crippen LogP contribution in [0.5, 0.6) is 11.5 Å². The first kappa shape index (κ1) is 31.9. The van der Waals surface area contributed by atoms with E-state index < -0.39 is 0 Å². The SMILES string of the molecule is CC(C)(C)c1ccnc(-n2c3cc(Oc4cccc(N5CN(c6ccccc6)c6ccccc65)c4)ccc3c3c2c2ccccc2n3-c2ccccc2)c1. The second-order valence-electron chi connectivity index (χ2n) is 15.0. The van der Waals surface area contributed by atoms with Crippen molar-refractivity contribution in [3.63, 3.8) is 0 Å². The number of fused-ring (bicyclic) bond motifs is 6. The second kappa shape index (κ2) is 12.4. The molecule has 0 saturated carbocycles. The second-order valence-corrected chi connectivity index (χ2v) is 15.0. The van der Waals surface area contributed by atoms with Gasteiger partial charge in [-0.25, -0.2) is 4.98 Å². The van der Waals surface area contributed by atoms with Gasteiger partial charge in [0.2, 0.25) is 0 Å². The summed E-state index contributed by atoms with van der Waals surface area (Å²) in [7, 11) is 0. The Kier molecular flexibility index (Phi) is 7.34. The molecular weight excluding hydrogens is 663 g/mol. The summed E-state index contributed by atoms with van der Waals surface area (Å²) in [5.74, 6) is 2.42. The largest absolute Gasteiger partial charge is 0.457 e. The fourth-order valence-electron chi connectivity index (χ4n) is 7.98. The van der Waals surface area contributed by atoms with Crippen molar-refractivity contribution in [2.45, 2.75) is 26.2 Å². The van der Waals surface area contributed by atoms with Crippen molar-refractivity contribution >= 4 is 55.6 Å². The number of benzene rings is 6. The molecule has 9 aromatic rings. The van der Waals surface area contributed by atoms with Crippen LogP contribution in [-0.2, 0) is 5.41 Å². The molecule has 0 amide bonds. The number of nitrogens with zero attached hydrogens (tertiary/aromatic N) is 5. The third-order valence-corrected chi connectivity index (χ3v) is 10.6. The van der Waals surface area contributed by atoms with E-state index in [0.717, 1.165) is 56.1 Å². The normalized spacial score (nSPS) is 12.9. The molecule has 262 valence electrons. The van der Waals surface area contributed by atoms with Crippen molar-refractivity contribution in [3.05, 3.63) is 176 Å². The van der Waals surface area contributed by atoms with Crippen LogP contribution in [-0.4, -0.2) is 20.8 Å². The Hall–Kier alpha value is -6.79. The van der Waals surface area contributed by atoms with Crippen LogP contribution in [0.3, 0.4) is 0 Å². The van der Waals surface area contributed by atoms with Crippen LogP contribution in [0, 0.1) is 0 Å². The first-order valence-corrected chi connectivity index (χ1v) is 18.5. The summed E-state index contributed by atoms with van der Waals surface area (Å²) < 4.78 is 11.5. The third kappa shape index (κ3) is 5.21. The summed E-state index contributed by atoms with van der Waals surface area (Å²) in [5, 5.41) is 2.30. The lowest BCUT2D eigenvalue weighted by Crippen LogP contribution is -2.23. The molecule has 6 heteroatoms. The lowest BCUT2D eigenvalue weighted by molar-refractivity contribution is 0.483. The van der Waals surface area contributed by atoms with Crippen LogP contribution in [0.15, 0.2) is 170 Å². The Balaban J connectivity index is 1.11. The molecule has 0 atom stereocenters.